The van der Waals surface area contributed by atoms with Crippen LogP contribution >= 0.6 is 0 Å². The van der Waals surface area contributed by atoms with E-state index in [1.165, 1.54) is 31.4 Å². The van der Waals surface area contributed by atoms with E-state index in [0.717, 1.165) is 7.11 Å². The highest BCUT2D eigenvalue weighted by Crippen LogP contribution is 2.16. The van der Waals surface area contributed by atoms with Gasteiger partial charge in [0.15, 0.2) is 0 Å². The van der Waals surface area contributed by atoms with Gasteiger partial charge in [0.1, 0.15) is 11.8 Å². The van der Waals surface area contributed by atoms with Crippen molar-refractivity contribution in [2.45, 2.75) is 17.4 Å². The summed E-state index contributed by atoms with van der Waals surface area (Å²) in [5.41, 5.74) is 4.98. The number of hydrogen-bond donors (Lipinski definition) is 2. The molecule has 8 nitrogen and oxygen atoms in total. The molecule has 1 aromatic rings. The number of rotatable bonds is 7. The molecule has 1 amide bonds. The van der Waals surface area contributed by atoms with Gasteiger partial charge in [0, 0.05) is 0 Å². The topological polar surface area (TPSA) is 125 Å². The van der Waals surface area contributed by atoms with E-state index in [-0.39, 0.29) is 4.90 Å². The second-order valence-electron chi connectivity index (χ2n) is 4.04. The normalized spacial score (nSPS) is 12.5. The number of methoxy groups -OCH3 is 2. The van der Waals surface area contributed by atoms with Gasteiger partial charge in [-0.25, -0.2) is 8.42 Å². The van der Waals surface area contributed by atoms with E-state index in [2.05, 4.69) is 9.46 Å². The van der Waals surface area contributed by atoms with Crippen molar-refractivity contribution in [3.05, 3.63) is 24.3 Å². The van der Waals surface area contributed by atoms with Crippen LogP contribution in [-0.4, -0.2) is 40.6 Å². The van der Waals surface area contributed by atoms with Crippen LogP contribution in [0.15, 0.2) is 29.2 Å². The Balaban J connectivity index is 2.98. The number of nitrogens with two attached hydrogens (primary N) is 1. The van der Waals surface area contributed by atoms with Crippen molar-refractivity contribution < 1.29 is 27.5 Å². The van der Waals surface area contributed by atoms with Crippen molar-refractivity contribution in [2.75, 3.05) is 14.2 Å². The van der Waals surface area contributed by atoms with Gasteiger partial charge in [0.05, 0.1) is 25.5 Å². The zero-order valence-electron chi connectivity index (χ0n) is 11.5. The van der Waals surface area contributed by atoms with Gasteiger partial charge >= 0.3 is 5.97 Å². The molecule has 0 spiro atoms. The predicted octanol–water partition coefficient (Wildman–Crippen LogP) is -0.609. The number of esters is 1. The molecule has 0 radical (unpaired) electrons. The standard InChI is InChI=1S/C12H16N2O6S/c1-19-8-3-5-9(6-4-8)21(17,18)14-10(7-11(13)15)12(16)20-2/h3-6,10,14H,7H2,1-2H3,(H2,13,15)/t10-/m1/s1. The smallest absolute Gasteiger partial charge is 0.324 e. The van der Waals surface area contributed by atoms with Crippen LogP contribution in [0.25, 0.3) is 0 Å². The molecule has 0 saturated carbocycles. The minimum absolute atomic E-state index is 0.0818. The van der Waals surface area contributed by atoms with Gasteiger partial charge in [0.2, 0.25) is 15.9 Å². The number of benzene rings is 1. The lowest BCUT2D eigenvalue weighted by Crippen LogP contribution is -2.43. The van der Waals surface area contributed by atoms with Crippen molar-refractivity contribution >= 4 is 21.9 Å². The first-order valence-corrected chi connectivity index (χ1v) is 7.31. The Morgan fingerprint density at radius 2 is 1.81 bits per heavy atom. The Labute approximate surface area is 122 Å². The largest absolute Gasteiger partial charge is 0.497 e. The van der Waals surface area contributed by atoms with Crippen LogP contribution in [0.5, 0.6) is 5.75 Å². The Kier molecular flexibility index (Phi) is 5.68. The first-order chi connectivity index (χ1) is 9.80. The van der Waals surface area contributed by atoms with Crippen LogP contribution in [0.2, 0.25) is 0 Å². The first-order valence-electron chi connectivity index (χ1n) is 5.82. The summed E-state index contributed by atoms with van der Waals surface area (Å²) in [5, 5.41) is 0. The van der Waals surface area contributed by atoms with E-state index in [9.17, 15) is 18.0 Å². The molecule has 9 heteroatoms. The van der Waals surface area contributed by atoms with Gasteiger partial charge in [0.25, 0.3) is 0 Å². The van der Waals surface area contributed by atoms with Crippen molar-refractivity contribution in [3.8, 4) is 5.75 Å². The molecule has 0 saturated heterocycles. The molecule has 1 rings (SSSR count). The third kappa shape index (κ3) is 4.72. The molecule has 1 atom stereocenters. The lowest BCUT2D eigenvalue weighted by atomic mass is 10.2. The van der Waals surface area contributed by atoms with Gasteiger partial charge < -0.3 is 15.2 Å². The fourth-order valence-electron chi connectivity index (χ4n) is 1.53. The molecule has 0 aliphatic rings. The molecular formula is C12H16N2O6S. The molecule has 116 valence electrons. The van der Waals surface area contributed by atoms with E-state index < -0.39 is 34.4 Å². The minimum Gasteiger partial charge on any atom is -0.497 e. The minimum atomic E-state index is -4.00. The molecule has 0 bridgehead atoms. The van der Waals surface area contributed by atoms with E-state index in [1.807, 2.05) is 0 Å². The zero-order chi connectivity index (χ0) is 16.0. The monoisotopic (exact) mass is 316 g/mol. The van der Waals surface area contributed by atoms with Crippen molar-refractivity contribution in [1.82, 2.24) is 4.72 Å². The Hall–Kier alpha value is -2.13. The summed E-state index contributed by atoms with van der Waals surface area (Å²) >= 11 is 0. The van der Waals surface area contributed by atoms with E-state index >= 15 is 0 Å². The maximum atomic E-state index is 12.1. The highest BCUT2D eigenvalue weighted by Gasteiger charge is 2.27. The van der Waals surface area contributed by atoms with Gasteiger partial charge in [-0.2, -0.15) is 4.72 Å². The molecule has 0 aliphatic carbocycles. The maximum absolute atomic E-state index is 12.1. The summed E-state index contributed by atoms with van der Waals surface area (Å²) in [4.78, 5) is 22.3. The molecule has 21 heavy (non-hydrogen) atoms. The van der Waals surface area contributed by atoms with Crippen LogP contribution in [0.4, 0.5) is 0 Å². The summed E-state index contributed by atoms with van der Waals surface area (Å²) in [7, 11) is -1.47. The van der Waals surface area contributed by atoms with Crippen molar-refractivity contribution in [2.24, 2.45) is 5.73 Å². The van der Waals surface area contributed by atoms with Gasteiger partial charge in [-0.15, -0.1) is 0 Å². The number of amides is 1. The molecule has 1 aromatic carbocycles. The van der Waals surface area contributed by atoms with Crippen LogP contribution in [0, 0.1) is 0 Å². The lowest BCUT2D eigenvalue weighted by Gasteiger charge is -2.15. The Bertz CT molecular complexity index is 611. The average molecular weight is 316 g/mol. The number of primary amides is 1. The highest BCUT2D eigenvalue weighted by molar-refractivity contribution is 7.89. The molecule has 0 heterocycles. The maximum Gasteiger partial charge on any atom is 0.324 e. The summed E-state index contributed by atoms with van der Waals surface area (Å²) in [6, 6.07) is 4.14. The van der Waals surface area contributed by atoms with Gasteiger partial charge in [-0.3, -0.25) is 9.59 Å². The molecule has 0 fully saturated rings. The Morgan fingerprint density at radius 1 is 1.24 bits per heavy atom. The molecule has 0 aliphatic heterocycles. The number of sulfonamides is 1. The van der Waals surface area contributed by atoms with Crippen molar-refractivity contribution in [1.29, 1.82) is 0 Å². The molecule has 0 aromatic heterocycles. The second-order valence-corrected chi connectivity index (χ2v) is 5.76. The van der Waals surface area contributed by atoms with Crippen LogP contribution < -0.4 is 15.2 Å². The zero-order valence-corrected chi connectivity index (χ0v) is 12.3. The highest BCUT2D eigenvalue weighted by atomic mass is 32.2. The number of carbonyl (C=O) groups is 2. The molecule has 0 unspecified atom stereocenters. The average Bonchev–Trinajstić information content (AvgIpc) is 2.45. The Morgan fingerprint density at radius 3 is 2.24 bits per heavy atom. The van der Waals surface area contributed by atoms with Crippen LogP contribution in [0.1, 0.15) is 6.42 Å². The van der Waals surface area contributed by atoms with Crippen molar-refractivity contribution in [3.63, 3.8) is 0 Å². The fourth-order valence-corrected chi connectivity index (χ4v) is 2.71. The number of hydrogen-bond acceptors (Lipinski definition) is 6. The number of carbonyl (C=O) groups excluding carboxylic acids is 2. The molecular weight excluding hydrogens is 300 g/mol. The SMILES string of the molecule is COC(=O)[C@@H](CC(N)=O)NS(=O)(=O)c1ccc(OC)cc1. The summed E-state index contributed by atoms with van der Waals surface area (Å²) < 4.78 is 35.7. The van der Waals surface area contributed by atoms with Crippen LogP contribution in [0.3, 0.4) is 0 Å². The van der Waals surface area contributed by atoms with Gasteiger partial charge in [-0.1, -0.05) is 0 Å². The quantitative estimate of drug-likeness (QED) is 0.647. The van der Waals surface area contributed by atoms with E-state index in [1.54, 1.807) is 0 Å². The summed E-state index contributed by atoms with van der Waals surface area (Å²) in [5.74, 6) is -1.25. The van der Waals surface area contributed by atoms with Crippen LogP contribution in [-0.2, 0) is 24.3 Å². The lowest BCUT2D eigenvalue weighted by molar-refractivity contribution is -0.144. The third-order valence-electron chi connectivity index (χ3n) is 2.56. The number of nitrogens with one attached hydrogen (secondary N) is 1. The predicted molar refractivity (Wildman–Crippen MR) is 72.9 cm³/mol. The fraction of sp³-hybridized carbons (Fsp3) is 0.333. The van der Waals surface area contributed by atoms with E-state index in [4.69, 9.17) is 10.5 Å². The summed E-state index contributed by atoms with van der Waals surface area (Å²) in [6.07, 6.45) is -0.498. The third-order valence-corrected chi connectivity index (χ3v) is 4.05. The number of ether oxygens (including phenoxy) is 2. The second kappa shape index (κ2) is 7.04. The summed E-state index contributed by atoms with van der Waals surface area (Å²) in [6.45, 7) is 0. The molecule has 3 N–H and O–H groups in total. The van der Waals surface area contributed by atoms with Gasteiger partial charge in [-0.05, 0) is 24.3 Å². The first kappa shape index (κ1) is 16.9. The van der Waals surface area contributed by atoms with E-state index in [0.29, 0.717) is 5.75 Å².